The molecule has 244 valence electrons. The Balaban J connectivity index is 2.63. The van der Waals surface area contributed by atoms with Crippen molar-refractivity contribution < 1.29 is 78.9 Å². The van der Waals surface area contributed by atoms with Gasteiger partial charge in [-0.15, -0.1) is 0 Å². The van der Waals surface area contributed by atoms with Crippen molar-refractivity contribution in [2.45, 2.75) is 6.18 Å². The van der Waals surface area contributed by atoms with E-state index in [1.807, 2.05) is 0 Å². The first-order valence-corrected chi connectivity index (χ1v) is 31.9. The van der Waals surface area contributed by atoms with Crippen molar-refractivity contribution in [2.24, 2.45) is 0 Å². The molecule has 0 aliphatic rings. The van der Waals surface area contributed by atoms with Gasteiger partial charge in [-0.3, -0.25) is 65.7 Å². The van der Waals surface area contributed by atoms with Crippen LogP contribution in [0.2, 0.25) is 0 Å². The predicted molar refractivity (Wildman–Crippen MR) is 135 cm³/mol. The van der Waals surface area contributed by atoms with Gasteiger partial charge in [0, 0.05) is 30.2 Å². The average Bonchev–Trinajstić information content (AvgIpc) is 2.87. The van der Waals surface area contributed by atoms with Crippen LogP contribution in [0.15, 0.2) is 48.5 Å². The molecular weight excluding hydrogens is 780 g/mol. The summed E-state index contributed by atoms with van der Waals surface area (Å²) < 4.78 is 271. The zero-order chi connectivity index (χ0) is 34.0. The summed E-state index contributed by atoms with van der Waals surface area (Å²) in [7, 11) is -73.1. The van der Waals surface area contributed by atoms with Crippen LogP contribution in [0.3, 0.4) is 0 Å². The van der Waals surface area contributed by atoms with Gasteiger partial charge in [0.05, 0.1) is 5.56 Å². The Morgan fingerprint density at radius 1 is 0.419 bits per heavy atom. The SMILES string of the molecule is CN(C)c1ccc([Si](F)(F)[Si](F)(F)[Si](F)(F)[Si](F)(F)[Si](F)(F)[Si](F)(F)[Si](F)(F)[Si](F)(F)c2ccc(C(F)(F)F)cc2)cc1. The molecule has 0 unspecified atom stereocenters. The number of nitrogens with zero attached hydrogens (tertiary/aromatic N) is 1. The number of anilines is 1. The lowest BCUT2D eigenvalue weighted by Crippen LogP contribution is -2.90. The van der Waals surface area contributed by atoms with Crippen LogP contribution in [0, 0.1) is 0 Å². The van der Waals surface area contributed by atoms with E-state index in [-0.39, 0.29) is 30.0 Å². The Hall–Kier alpha value is -1.35. The minimum atomic E-state index is -10.2. The zero-order valence-electron chi connectivity index (χ0n) is 20.7. The van der Waals surface area contributed by atoms with E-state index >= 15 is 0 Å². The summed E-state index contributed by atoms with van der Waals surface area (Å²) in [5, 5.41) is -4.34. The number of benzene rings is 2. The summed E-state index contributed by atoms with van der Waals surface area (Å²) in [6, 6.07) is -0.330. The highest BCUT2D eigenvalue weighted by Crippen LogP contribution is 2.51. The molecule has 0 fully saturated rings. The number of hydrogen-bond acceptors (Lipinski definition) is 1. The molecule has 1 nitrogen and oxygen atoms in total. The topological polar surface area (TPSA) is 3.24 Å². The third-order valence-electron chi connectivity index (χ3n) is 6.08. The van der Waals surface area contributed by atoms with Gasteiger partial charge in [-0.1, -0.05) is 24.3 Å². The van der Waals surface area contributed by atoms with Crippen LogP contribution >= 0.6 is 0 Å². The Kier molecular flexibility index (Phi) is 9.82. The first kappa shape index (κ1) is 37.8. The number of halogens is 19. The molecule has 2 rings (SSSR count). The van der Waals surface area contributed by atoms with Crippen molar-refractivity contribution >= 4 is 79.2 Å². The largest absolute Gasteiger partial charge is 0.534 e. The second-order valence-electron chi connectivity index (χ2n) is 9.11. The van der Waals surface area contributed by atoms with E-state index in [0.717, 1.165) is 0 Å². The minimum Gasteiger partial charge on any atom is -0.378 e. The zero-order valence-corrected chi connectivity index (χ0v) is 28.7. The summed E-state index contributed by atoms with van der Waals surface area (Å²) in [5.41, 5.74) is -1.83. The molecule has 0 amide bonds. The van der Waals surface area contributed by atoms with Crippen molar-refractivity contribution in [3.8, 4) is 0 Å². The van der Waals surface area contributed by atoms with E-state index in [1.165, 1.54) is 19.0 Å². The van der Waals surface area contributed by atoms with E-state index in [4.69, 9.17) is 0 Å². The molecule has 0 spiro atoms. The molecule has 2 aromatic carbocycles. The second kappa shape index (κ2) is 11.2. The molecule has 28 heteroatoms. The third-order valence-corrected chi connectivity index (χ3v) is 77.2. The van der Waals surface area contributed by atoms with E-state index in [0.29, 0.717) is 12.1 Å². The Bertz CT molecular complexity index is 1300. The third kappa shape index (κ3) is 5.65. The molecule has 0 heterocycles. The lowest BCUT2D eigenvalue weighted by Gasteiger charge is -2.35. The number of alkyl halides is 3. The molecule has 0 aliphatic carbocycles. The van der Waals surface area contributed by atoms with Crippen LogP contribution in [0.1, 0.15) is 5.56 Å². The summed E-state index contributed by atoms with van der Waals surface area (Å²) in [4.78, 5) is 1.18. The van der Waals surface area contributed by atoms with Gasteiger partial charge >= 0.3 is 69.4 Å². The highest BCUT2D eigenvalue weighted by atomic mass is 30.2. The highest BCUT2D eigenvalue weighted by molar-refractivity contribution is 7.95. The minimum absolute atomic E-state index is 0.0165. The standard InChI is InChI=1S/C15H14F19NSi8/c1-35(2)12-5-9-14(10-6-12)37(21,22)39(25,26)41(29,30)43(33,34)42(31,32)40(27,28)38(23,24)36(19,20)13-7-3-11(4-8-13)15(16,17)18/h3-10H,1-2H3. The average molecular weight is 794 g/mol. The van der Waals surface area contributed by atoms with Gasteiger partial charge in [-0.25, -0.2) is 0 Å². The molecule has 0 aliphatic heterocycles. The number of rotatable bonds is 10. The molecule has 0 N–H and O–H groups in total. The van der Waals surface area contributed by atoms with E-state index < -0.39 is 97.4 Å². The van der Waals surface area contributed by atoms with Gasteiger partial charge in [-0.2, -0.15) is 13.2 Å². The molecule has 2 aromatic rings. The van der Waals surface area contributed by atoms with E-state index in [2.05, 4.69) is 0 Å². The molecule has 43 heavy (non-hydrogen) atoms. The molecule has 0 aromatic heterocycles. The fraction of sp³-hybridized carbons (Fsp3) is 0.200. The maximum absolute atomic E-state index is 14.7. The van der Waals surface area contributed by atoms with Crippen LogP contribution < -0.4 is 15.3 Å². The predicted octanol–water partition coefficient (Wildman–Crippen LogP) is 6.48. The molecule has 0 saturated heterocycles. The molecular formula is C15H14F19NSi8. The van der Waals surface area contributed by atoms with Crippen molar-refractivity contribution in [3.63, 3.8) is 0 Å². The summed E-state index contributed by atoms with van der Waals surface area (Å²) in [6.07, 6.45) is -5.30. The van der Waals surface area contributed by atoms with Gasteiger partial charge in [0.1, 0.15) is 0 Å². The van der Waals surface area contributed by atoms with E-state index in [9.17, 15) is 78.9 Å². The summed E-state index contributed by atoms with van der Waals surface area (Å²) in [5.74, 6) is 0. The molecule has 0 radical (unpaired) electrons. The second-order valence-corrected chi connectivity index (χ2v) is 54.8. The van der Waals surface area contributed by atoms with Crippen molar-refractivity contribution in [2.75, 3.05) is 19.0 Å². The Labute approximate surface area is 237 Å². The van der Waals surface area contributed by atoms with Crippen LogP contribution in [-0.4, -0.2) is 77.3 Å². The molecule has 0 atom stereocenters. The molecule has 0 bridgehead atoms. The normalized spacial score (nSPS) is 15.1. The van der Waals surface area contributed by atoms with Crippen LogP contribution in [0.4, 0.5) is 84.6 Å². The lowest BCUT2D eigenvalue weighted by molar-refractivity contribution is -0.137. The maximum Gasteiger partial charge on any atom is 0.534 e. The van der Waals surface area contributed by atoms with Crippen LogP contribution in [0.25, 0.3) is 0 Å². The summed E-state index contributed by atoms with van der Waals surface area (Å²) in [6.45, 7) is 0. The van der Waals surface area contributed by atoms with Gasteiger partial charge < -0.3 is 4.90 Å². The molecule has 0 saturated carbocycles. The van der Waals surface area contributed by atoms with Crippen molar-refractivity contribution in [3.05, 3.63) is 54.1 Å². The van der Waals surface area contributed by atoms with Crippen molar-refractivity contribution in [1.82, 2.24) is 0 Å². The Morgan fingerprint density at radius 2 is 0.674 bits per heavy atom. The van der Waals surface area contributed by atoms with Gasteiger partial charge in [0.2, 0.25) is 0 Å². The fourth-order valence-electron chi connectivity index (χ4n) is 3.38. The fourth-order valence-corrected chi connectivity index (χ4v) is 97.7. The van der Waals surface area contributed by atoms with Gasteiger partial charge in [0.15, 0.2) is 0 Å². The maximum atomic E-state index is 14.7. The van der Waals surface area contributed by atoms with Crippen molar-refractivity contribution in [1.29, 1.82) is 0 Å². The smallest absolute Gasteiger partial charge is 0.378 e. The first-order chi connectivity index (χ1) is 18.9. The van der Waals surface area contributed by atoms with Gasteiger partial charge in [-0.05, 0) is 24.3 Å². The lowest BCUT2D eigenvalue weighted by atomic mass is 10.2. The van der Waals surface area contributed by atoms with Crippen LogP contribution in [0.5, 0.6) is 0 Å². The van der Waals surface area contributed by atoms with E-state index in [1.54, 1.807) is 0 Å². The highest BCUT2D eigenvalue weighted by Gasteiger charge is 3.06. The Morgan fingerprint density at radius 3 is 0.930 bits per heavy atom. The number of hydrogen-bond donors (Lipinski definition) is 0. The quantitative estimate of drug-likeness (QED) is 0.151. The van der Waals surface area contributed by atoms with Gasteiger partial charge in [0.25, 0.3) is 0 Å². The monoisotopic (exact) mass is 793 g/mol. The first-order valence-electron chi connectivity index (χ1n) is 10.9. The van der Waals surface area contributed by atoms with Crippen LogP contribution in [-0.2, 0) is 6.18 Å². The summed E-state index contributed by atoms with van der Waals surface area (Å²) >= 11 is 0.